The largest absolute Gasteiger partial charge is 0.377 e. The number of rotatable bonds is 0. The predicted octanol–water partition coefficient (Wildman–Crippen LogP) is 1.24. The van der Waals surface area contributed by atoms with Crippen molar-refractivity contribution in [2.45, 2.75) is 31.5 Å². The van der Waals surface area contributed by atoms with E-state index in [1.807, 2.05) is 24.3 Å². The molecule has 1 saturated heterocycles. The highest BCUT2D eigenvalue weighted by atomic mass is 16.5. The maximum Gasteiger partial charge on any atom is 0.242 e. The molecule has 0 unspecified atom stereocenters. The highest BCUT2D eigenvalue weighted by molar-refractivity contribution is 5.95. The van der Waals surface area contributed by atoms with Crippen molar-refractivity contribution in [2.24, 2.45) is 5.41 Å². The van der Waals surface area contributed by atoms with E-state index in [0.717, 1.165) is 18.4 Å². The maximum absolute atomic E-state index is 12.5. The molecule has 2 aliphatic heterocycles. The molecular formula is C17H21N3O3. The highest BCUT2D eigenvalue weighted by Crippen LogP contribution is 2.54. The fourth-order valence-corrected chi connectivity index (χ4v) is 3.48. The van der Waals surface area contributed by atoms with Gasteiger partial charge in [0.05, 0.1) is 32.5 Å². The van der Waals surface area contributed by atoms with Crippen LogP contribution in [0.5, 0.6) is 0 Å². The summed E-state index contributed by atoms with van der Waals surface area (Å²) < 4.78 is 11.4. The smallest absolute Gasteiger partial charge is 0.242 e. The lowest BCUT2D eigenvalue weighted by atomic mass is 10.0. The molecule has 3 aliphatic rings. The highest BCUT2D eigenvalue weighted by Gasteiger charge is 2.61. The van der Waals surface area contributed by atoms with Gasteiger partial charge in [0.1, 0.15) is 5.82 Å². The van der Waals surface area contributed by atoms with Gasteiger partial charge in [-0.15, -0.1) is 0 Å². The predicted molar refractivity (Wildman–Crippen MR) is 84.9 cm³/mol. The fourth-order valence-electron chi connectivity index (χ4n) is 3.48. The Morgan fingerprint density at radius 1 is 1.22 bits per heavy atom. The topological polar surface area (TPSA) is 72.5 Å². The third-order valence-corrected chi connectivity index (χ3v) is 4.89. The van der Waals surface area contributed by atoms with Gasteiger partial charge in [0, 0.05) is 23.2 Å². The molecule has 1 aromatic heterocycles. The van der Waals surface area contributed by atoms with Crippen LogP contribution < -0.4 is 10.6 Å². The van der Waals surface area contributed by atoms with Gasteiger partial charge in [0.25, 0.3) is 0 Å². The third-order valence-electron chi connectivity index (χ3n) is 4.89. The maximum atomic E-state index is 12.5. The normalized spacial score (nSPS) is 33.8. The lowest BCUT2D eigenvalue weighted by Gasteiger charge is -2.17. The quantitative estimate of drug-likeness (QED) is 0.705. The van der Waals surface area contributed by atoms with E-state index in [1.54, 1.807) is 6.20 Å². The average Bonchev–Trinajstić information content (AvgIpc) is 3.11. The molecule has 6 nitrogen and oxygen atoms in total. The first kappa shape index (κ1) is 14.8. The zero-order valence-corrected chi connectivity index (χ0v) is 13.0. The lowest BCUT2D eigenvalue weighted by Crippen LogP contribution is -2.38. The number of pyridine rings is 1. The van der Waals surface area contributed by atoms with E-state index in [4.69, 9.17) is 9.47 Å². The Morgan fingerprint density at radius 2 is 2.09 bits per heavy atom. The van der Waals surface area contributed by atoms with Crippen LogP contribution in [0.4, 0.5) is 5.82 Å². The Hall–Kier alpha value is -1.76. The fraction of sp³-hybridized carbons (Fsp3) is 0.529. The van der Waals surface area contributed by atoms with Crippen molar-refractivity contribution >= 4 is 11.7 Å². The van der Waals surface area contributed by atoms with E-state index in [-0.39, 0.29) is 17.4 Å². The second kappa shape index (κ2) is 6.03. The molecular weight excluding hydrogens is 294 g/mol. The number of nitrogens with zero attached hydrogens (tertiary/aromatic N) is 1. The van der Waals surface area contributed by atoms with E-state index in [2.05, 4.69) is 15.6 Å². The van der Waals surface area contributed by atoms with Crippen LogP contribution in [0.1, 0.15) is 18.4 Å². The number of fused-ring (bicyclic) bond motifs is 2. The Balaban J connectivity index is 1.53. The minimum atomic E-state index is -0.172. The second-order valence-corrected chi connectivity index (χ2v) is 6.54. The lowest BCUT2D eigenvalue weighted by molar-refractivity contribution is -0.118. The van der Waals surface area contributed by atoms with Crippen LogP contribution in [0, 0.1) is 5.41 Å². The van der Waals surface area contributed by atoms with E-state index >= 15 is 0 Å². The molecule has 1 amide bonds. The van der Waals surface area contributed by atoms with Gasteiger partial charge in [-0.2, -0.15) is 0 Å². The molecule has 23 heavy (non-hydrogen) atoms. The number of carbonyl (C=O) groups is 1. The molecule has 122 valence electrons. The number of hydrogen-bond donors (Lipinski definition) is 2. The average molecular weight is 315 g/mol. The number of amides is 1. The van der Waals surface area contributed by atoms with E-state index in [1.165, 1.54) is 0 Å². The number of aromatic nitrogens is 1. The van der Waals surface area contributed by atoms with Gasteiger partial charge < -0.3 is 20.1 Å². The van der Waals surface area contributed by atoms with Crippen LogP contribution in [-0.4, -0.2) is 42.8 Å². The molecule has 1 spiro atoms. The van der Waals surface area contributed by atoms with Crippen molar-refractivity contribution in [2.75, 3.05) is 25.1 Å². The van der Waals surface area contributed by atoms with Gasteiger partial charge in [-0.1, -0.05) is 18.2 Å². The summed E-state index contributed by atoms with van der Waals surface area (Å²) in [5, 5.41) is 6.36. The van der Waals surface area contributed by atoms with Crippen molar-refractivity contribution in [3.8, 4) is 0 Å². The summed E-state index contributed by atoms with van der Waals surface area (Å²) in [6.07, 6.45) is 7.56. The molecule has 2 N–H and O–H groups in total. The van der Waals surface area contributed by atoms with Crippen molar-refractivity contribution in [3.63, 3.8) is 0 Å². The molecule has 3 atom stereocenters. The third kappa shape index (κ3) is 3.02. The SMILES string of the molecule is O=C1Nc2ncccc2COCC=CCOC[C@@]23C[C@@H]1N[C@@H]2C3. The number of hydrogen-bond acceptors (Lipinski definition) is 5. The van der Waals surface area contributed by atoms with Crippen LogP contribution in [0.25, 0.3) is 0 Å². The Bertz CT molecular complexity index is 633. The first-order valence-corrected chi connectivity index (χ1v) is 8.08. The number of nitrogens with one attached hydrogen (secondary N) is 2. The number of anilines is 1. The molecule has 1 aromatic rings. The van der Waals surface area contributed by atoms with Crippen molar-refractivity contribution in [1.29, 1.82) is 0 Å². The van der Waals surface area contributed by atoms with E-state index in [0.29, 0.717) is 38.3 Å². The summed E-state index contributed by atoms with van der Waals surface area (Å²) in [6, 6.07) is 4.01. The standard InChI is InChI=1S/C17H21N3O3/c21-16-13-8-17(9-14(17)19-13)11-23-7-2-1-6-22-10-12-4-3-5-18-15(12)20-16/h1-5,13-14,19H,6-11H2,(H,18,20,21)/t13-,14+,17-/m0/s1. The number of piperidine rings is 1. The molecule has 1 saturated carbocycles. The molecule has 0 aromatic carbocycles. The molecule has 6 heteroatoms. The molecule has 2 bridgehead atoms. The summed E-state index contributed by atoms with van der Waals surface area (Å²) in [4.78, 5) is 16.8. The summed E-state index contributed by atoms with van der Waals surface area (Å²) in [5.74, 6) is 0.563. The van der Waals surface area contributed by atoms with Gasteiger partial charge in [0.15, 0.2) is 0 Å². The first-order chi connectivity index (χ1) is 11.3. The Kier molecular flexibility index (Phi) is 3.88. The number of ether oxygens (including phenoxy) is 2. The zero-order chi connectivity index (χ0) is 15.7. The van der Waals surface area contributed by atoms with Gasteiger partial charge >= 0.3 is 0 Å². The van der Waals surface area contributed by atoms with E-state index < -0.39 is 0 Å². The molecule has 2 fully saturated rings. The molecule has 0 radical (unpaired) electrons. The number of carbonyl (C=O) groups excluding carboxylic acids is 1. The van der Waals surface area contributed by atoms with Crippen molar-refractivity contribution in [3.05, 3.63) is 36.0 Å². The Labute approximate surface area is 135 Å². The second-order valence-electron chi connectivity index (χ2n) is 6.54. The minimum absolute atomic E-state index is 0.0236. The summed E-state index contributed by atoms with van der Waals surface area (Å²) in [5.41, 5.74) is 1.03. The Morgan fingerprint density at radius 3 is 3.00 bits per heavy atom. The van der Waals surface area contributed by atoms with Crippen LogP contribution in [0.15, 0.2) is 30.5 Å². The van der Waals surface area contributed by atoms with Gasteiger partial charge in [-0.3, -0.25) is 4.79 Å². The van der Waals surface area contributed by atoms with Gasteiger partial charge in [-0.05, 0) is 18.9 Å². The van der Waals surface area contributed by atoms with Gasteiger partial charge in [-0.25, -0.2) is 4.98 Å². The van der Waals surface area contributed by atoms with Crippen molar-refractivity contribution in [1.82, 2.24) is 10.3 Å². The molecule has 1 aliphatic carbocycles. The van der Waals surface area contributed by atoms with Gasteiger partial charge in [0.2, 0.25) is 5.91 Å². The monoisotopic (exact) mass is 315 g/mol. The van der Waals surface area contributed by atoms with Crippen LogP contribution in [0.3, 0.4) is 0 Å². The first-order valence-electron chi connectivity index (χ1n) is 8.08. The summed E-state index contributed by atoms with van der Waals surface area (Å²) in [7, 11) is 0. The van der Waals surface area contributed by atoms with Crippen LogP contribution >= 0.6 is 0 Å². The van der Waals surface area contributed by atoms with Crippen molar-refractivity contribution < 1.29 is 14.3 Å². The molecule has 4 rings (SSSR count). The van der Waals surface area contributed by atoms with Crippen LogP contribution in [0.2, 0.25) is 0 Å². The summed E-state index contributed by atoms with van der Waals surface area (Å²) >= 11 is 0. The van der Waals surface area contributed by atoms with Crippen LogP contribution in [-0.2, 0) is 20.9 Å². The van der Waals surface area contributed by atoms with E-state index in [9.17, 15) is 4.79 Å². The zero-order valence-electron chi connectivity index (χ0n) is 13.0. The molecule has 3 heterocycles. The summed E-state index contributed by atoms with van der Waals surface area (Å²) in [6.45, 7) is 2.23. The minimum Gasteiger partial charge on any atom is -0.377 e.